The predicted octanol–water partition coefficient (Wildman–Crippen LogP) is 1.21. The van der Waals surface area contributed by atoms with E-state index in [4.69, 9.17) is 10.5 Å². The molecule has 1 aliphatic rings. The van der Waals surface area contributed by atoms with Gasteiger partial charge in [-0.1, -0.05) is 0 Å². The van der Waals surface area contributed by atoms with Crippen molar-refractivity contribution in [2.45, 2.75) is 12.0 Å². The van der Waals surface area contributed by atoms with Crippen LogP contribution in [0.15, 0.2) is 47.6 Å². The number of non-ortho nitro benzene ring substituents is 1. The molecule has 0 bridgehead atoms. The van der Waals surface area contributed by atoms with Crippen LogP contribution in [0.5, 0.6) is 5.75 Å². The van der Waals surface area contributed by atoms with Crippen LogP contribution in [0.1, 0.15) is 17.5 Å². The van der Waals surface area contributed by atoms with E-state index in [9.17, 15) is 24.8 Å². The number of ether oxygens (including phenoxy) is 1. The van der Waals surface area contributed by atoms with E-state index < -0.39 is 22.5 Å². The monoisotopic (exact) mass is 399 g/mol. The molecule has 0 unspecified atom stereocenters. The molecule has 0 saturated heterocycles. The molecule has 1 atom stereocenters. The number of hydrazone groups is 1. The number of carbonyl (C=O) groups is 2. The first-order valence-electron chi connectivity index (χ1n) is 8.34. The van der Waals surface area contributed by atoms with Crippen molar-refractivity contribution < 1.29 is 24.4 Å². The number of methoxy groups -OCH3 is 1. The van der Waals surface area contributed by atoms with Crippen molar-refractivity contribution in [3.8, 4) is 5.75 Å². The molecule has 150 valence electrons. The third-order valence-corrected chi connectivity index (χ3v) is 4.43. The van der Waals surface area contributed by atoms with Crippen LogP contribution in [-0.2, 0) is 10.4 Å². The molecule has 0 spiro atoms. The maximum absolute atomic E-state index is 12.5. The zero-order valence-electron chi connectivity index (χ0n) is 15.2. The van der Waals surface area contributed by atoms with Crippen LogP contribution >= 0.6 is 0 Å². The molecule has 29 heavy (non-hydrogen) atoms. The van der Waals surface area contributed by atoms with Crippen LogP contribution < -0.4 is 21.2 Å². The predicted molar refractivity (Wildman–Crippen MR) is 102 cm³/mol. The van der Waals surface area contributed by atoms with Crippen molar-refractivity contribution in [1.29, 1.82) is 0 Å². The average Bonchev–Trinajstić information content (AvgIpc) is 2.95. The molecule has 0 aliphatic carbocycles. The molecule has 11 nitrogen and oxygen atoms in total. The third-order valence-electron chi connectivity index (χ3n) is 4.43. The number of anilines is 1. The van der Waals surface area contributed by atoms with Crippen molar-refractivity contribution in [2.24, 2.45) is 10.8 Å². The van der Waals surface area contributed by atoms with Gasteiger partial charge in [-0.15, -0.1) is 0 Å². The van der Waals surface area contributed by atoms with Gasteiger partial charge in [0.25, 0.3) is 11.6 Å². The summed E-state index contributed by atoms with van der Waals surface area (Å²) in [5.74, 6) is -0.206. The Kier molecular flexibility index (Phi) is 5.15. The summed E-state index contributed by atoms with van der Waals surface area (Å²) in [4.78, 5) is 34.1. The van der Waals surface area contributed by atoms with Crippen LogP contribution in [0, 0.1) is 10.1 Å². The minimum atomic E-state index is -2.14. The van der Waals surface area contributed by atoms with Gasteiger partial charge < -0.3 is 20.9 Å². The van der Waals surface area contributed by atoms with Crippen molar-refractivity contribution in [3.63, 3.8) is 0 Å². The van der Waals surface area contributed by atoms with Crippen molar-refractivity contribution >= 4 is 29.0 Å². The number of nitrogens with one attached hydrogen (secondary N) is 2. The first kappa shape index (κ1) is 19.8. The number of nitro groups is 1. The Bertz CT molecular complexity index is 1020. The van der Waals surface area contributed by atoms with Gasteiger partial charge in [0.1, 0.15) is 5.75 Å². The lowest BCUT2D eigenvalue weighted by Crippen LogP contribution is -2.37. The van der Waals surface area contributed by atoms with E-state index in [1.54, 1.807) is 24.3 Å². The number of hydrogen-bond donors (Lipinski definition) is 4. The van der Waals surface area contributed by atoms with E-state index in [2.05, 4.69) is 15.8 Å². The molecule has 0 fully saturated rings. The van der Waals surface area contributed by atoms with Crippen LogP contribution in [0.25, 0.3) is 0 Å². The number of hydrogen-bond acceptors (Lipinski definition) is 7. The molecular weight excluding hydrogens is 382 g/mol. The molecule has 2 aromatic rings. The number of carbonyl (C=O) groups excluding carboxylic acids is 2. The topological polar surface area (TPSA) is 169 Å². The van der Waals surface area contributed by atoms with Crippen LogP contribution in [0.3, 0.4) is 0 Å². The summed E-state index contributed by atoms with van der Waals surface area (Å²) in [6, 6.07) is 9.25. The number of nitrogens with zero attached hydrogens (tertiary/aromatic N) is 2. The van der Waals surface area contributed by atoms with Gasteiger partial charge in [0, 0.05) is 29.8 Å². The van der Waals surface area contributed by atoms with Crippen molar-refractivity contribution in [2.75, 3.05) is 12.4 Å². The largest absolute Gasteiger partial charge is 0.497 e. The average molecular weight is 399 g/mol. The van der Waals surface area contributed by atoms with E-state index in [-0.39, 0.29) is 29.1 Å². The Morgan fingerprint density at radius 2 is 2.03 bits per heavy atom. The summed E-state index contributed by atoms with van der Waals surface area (Å²) in [5, 5.41) is 28.6. The zero-order valence-corrected chi connectivity index (χ0v) is 15.2. The number of fused-ring (bicyclic) bond motifs is 1. The second-order valence-corrected chi connectivity index (χ2v) is 6.24. The van der Waals surface area contributed by atoms with Crippen LogP contribution in [0.2, 0.25) is 0 Å². The van der Waals surface area contributed by atoms with Crippen LogP contribution in [-0.4, -0.2) is 34.8 Å². The number of amides is 3. The summed E-state index contributed by atoms with van der Waals surface area (Å²) >= 11 is 0. The first-order chi connectivity index (χ1) is 13.7. The quantitative estimate of drug-likeness (QED) is 0.323. The minimum absolute atomic E-state index is 0.0389. The molecule has 0 saturated carbocycles. The SMILES string of the molecule is COc1ccc(/C(C[C@@]2(O)C(=O)Nc3ccc([N+](=O)[O-])cc32)=N/NC(N)=O)cc1. The Hall–Kier alpha value is -3.99. The van der Waals surface area contributed by atoms with Gasteiger partial charge in [-0.2, -0.15) is 5.10 Å². The lowest BCUT2D eigenvalue weighted by Gasteiger charge is -2.22. The fraction of sp³-hybridized carbons (Fsp3) is 0.167. The molecule has 1 heterocycles. The van der Waals surface area contributed by atoms with Gasteiger partial charge in [0.2, 0.25) is 0 Å². The fourth-order valence-electron chi connectivity index (χ4n) is 2.97. The highest BCUT2D eigenvalue weighted by Crippen LogP contribution is 2.41. The number of nitro benzene ring substituents is 1. The molecule has 3 rings (SSSR count). The van der Waals surface area contributed by atoms with Gasteiger partial charge in [-0.3, -0.25) is 14.9 Å². The van der Waals surface area contributed by atoms with Gasteiger partial charge >= 0.3 is 6.03 Å². The van der Waals surface area contributed by atoms with E-state index in [0.29, 0.717) is 11.3 Å². The normalized spacial score (nSPS) is 18.0. The third kappa shape index (κ3) is 3.84. The summed E-state index contributed by atoms with van der Waals surface area (Å²) in [7, 11) is 1.49. The molecular formula is C18H17N5O6. The Morgan fingerprint density at radius 1 is 1.34 bits per heavy atom. The zero-order chi connectivity index (χ0) is 21.2. The summed E-state index contributed by atoms with van der Waals surface area (Å²) in [6.07, 6.45) is -0.375. The first-order valence-corrected chi connectivity index (χ1v) is 8.34. The number of urea groups is 1. The lowest BCUT2D eigenvalue weighted by molar-refractivity contribution is -0.385. The second kappa shape index (κ2) is 7.56. The molecule has 0 aromatic heterocycles. The van der Waals surface area contributed by atoms with E-state index in [1.165, 1.54) is 19.2 Å². The van der Waals surface area contributed by atoms with Gasteiger partial charge in [0.05, 0.1) is 17.7 Å². The molecule has 0 radical (unpaired) electrons. The van der Waals surface area contributed by atoms with Gasteiger partial charge in [0.15, 0.2) is 5.60 Å². The Balaban J connectivity index is 2.03. The highest BCUT2D eigenvalue weighted by atomic mass is 16.6. The van der Waals surface area contributed by atoms with Crippen molar-refractivity contribution in [3.05, 3.63) is 63.7 Å². The van der Waals surface area contributed by atoms with E-state index >= 15 is 0 Å². The molecule has 11 heteroatoms. The lowest BCUT2D eigenvalue weighted by atomic mass is 9.87. The minimum Gasteiger partial charge on any atom is -0.497 e. The molecule has 5 N–H and O–H groups in total. The highest BCUT2D eigenvalue weighted by Gasteiger charge is 2.47. The number of benzene rings is 2. The van der Waals surface area contributed by atoms with Crippen molar-refractivity contribution in [1.82, 2.24) is 5.43 Å². The molecule has 1 aliphatic heterocycles. The maximum Gasteiger partial charge on any atom is 0.332 e. The molecule has 3 amide bonds. The standard InChI is InChI=1S/C18H17N5O6/c1-29-12-5-2-10(3-6-12)15(21-22-17(19)25)9-18(26)13-8-11(23(27)28)4-7-14(13)20-16(18)24/h2-8,26H,9H2,1H3,(H,20,24)(H3,19,22,25)/b21-15+/t18-/m0/s1. The van der Waals surface area contributed by atoms with Crippen LogP contribution in [0.4, 0.5) is 16.2 Å². The van der Waals surface area contributed by atoms with Gasteiger partial charge in [-0.05, 0) is 35.9 Å². The number of aliphatic hydroxyl groups is 1. The second-order valence-electron chi connectivity index (χ2n) is 6.24. The summed E-state index contributed by atoms with van der Waals surface area (Å²) in [6.45, 7) is 0. The summed E-state index contributed by atoms with van der Waals surface area (Å²) in [5.41, 5.74) is 5.61. The van der Waals surface area contributed by atoms with Gasteiger partial charge in [-0.25, -0.2) is 10.2 Å². The Labute approximate surface area is 164 Å². The number of nitrogens with two attached hydrogens (primary N) is 1. The van der Waals surface area contributed by atoms with E-state index in [0.717, 1.165) is 6.07 Å². The fourth-order valence-corrected chi connectivity index (χ4v) is 2.97. The smallest absolute Gasteiger partial charge is 0.332 e. The highest BCUT2D eigenvalue weighted by molar-refractivity contribution is 6.11. The maximum atomic E-state index is 12.5. The van der Waals surface area contributed by atoms with E-state index in [1.807, 2.05) is 0 Å². The number of primary amides is 1. The number of rotatable bonds is 6. The summed E-state index contributed by atoms with van der Waals surface area (Å²) < 4.78 is 5.09. The molecule has 2 aromatic carbocycles. The Morgan fingerprint density at radius 3 is 2.62 bits per heavy atom.